The first kappa shape index (κ1) is 13.6. The molecular formula is C14H11FN2O3. The van der Waals surface area contributed by atoms with E-state index in [0.29, 0.717) is 5.69 Å². The number of benzene rings is 1. The lowest BCUT2D eigenvalue weighted by atomic mass is 9.99. The van der Waals surface area contributed by atoms with E-state index in [1.807, 2.05) is 0 Å². The Balaban J connectivity index is 2.85. The molecule has 5 nitrogen and oxygen atoms in total. The number of nitrogens with one attached hydrogen (secondary N) is 1. The van der Waals surface area contributed by atoms with Crippen molar-refractivity contribution in [1.82, 2.24) is 4.98 Å². The molecule has 2 aromatic rings. The van der Waals surface area contributed by atoms with E-state index in [9.17, 15) is 14.3 Å². The van der Waals surface area contributed by atoms with E-state index in [2.05, 4.69) is 4.98 Å². The highest BCUT2D eigenvalue weighted by Crippen LogP contribution is 2.38. The van der Waals surface area contributed by atoms with Crippen molar-refractivity contribution in [1.29, 1.82) is 5.26 Å². The molecule has 6 heteroatoms. The van der Waals surface area contributed by atoms with Gasteiger partial charge in [-0.2, -0.15) is 5.26 Å². The Kier molecular flexibility index (Phi) is 3.44. The van der Waals surface area contributed by atoms with Crippen LogP contribution >= 0.6 is 0 Å². The SMILES string of the molecule is COc1cc(F)cc(-c2cc(C)[nH]c(=O)c2C#N)c1O. The summed E-state index contributed by atoms with van der Waals surface area (Å²) in [6, 6.07) is 5.32. The maximum absolute atomic E-state index is 13.6. The van der Waals surface area contributed by atoms with Crippen LogP contribution in [0.5, 0.6) is 11.5 Å². The summed E-state index contributed by atoms with van der Waals surface area (Å²) in [7, 11) is 1.28. The Bertz CT molecular complexity index is 775. The van der Waals surface area contributed by atoms with Gasteiger partial charge in [-0.1, -0.05) is 0 Å². The Morgan fingerprint density at radius 3 is 2.65 bits per heavy atom. The third-order valence-electron chi connectivity index (χ3n) is 2.83. The molecule has 1 heterocycles. The second-order valence-electron chi connectivity index (χ2n) is 4.19. The van der Waals surface area contributed by atoms with Crippen LogP contribution in [0.3, 0.4) is 0 Å². The van der Waals surface area contributed by atoms with Crippen LogP contribution in [-0.2, 0) is 0 Å². The van der Waals surface area contributed by atoms with Crippen LogP contribution in [0.15, 0.2) is 23.0 Å². The van der Waals surface area contributed by atoms with Crippen LogP contribution in [0.1, 0.15) is 11.3 Å². The third kappa shape index (κ3) is 2.21. The van der Waals surface area contributed by atoms with Crippen molar-refractivity contribution in [2.45, 2.75) is 6.92 Å². The van der Waals surface area contributed by atoms with Crippen molar-refractivity contribution in [3.05, 3.63) is 45.6 Å². The van der Waals surface area contributed by atoms with Gasteiger partial charge in [0.1, 0.15) is 17.4 Å². The minimum absolute atomic E-state index is 0.0348. The fourth-order valence-corrected chi connectivity index (χ4v) is 1.95. The summed E-state index contributed by atoms with van der Waals surface area (Å²) in [4.78, 5) is 14.2. The number of aryl methyl sites for hydroxylation is 1. The van der Waals surface area contributed by atoms with E-state index in [0.717, 1.165) is 12.1 Å². The maximum atomic E-state index is 13.6. The lowest BCUT2D eigenvalue weighted by Crippen LogP contribution is -2.12. The second-order valence-corrected chi connectivity index (χ2v) is 4.19. The third-order valence-corrected chi connectivity index (χ3v) is 2.83. The standard InChI is InChI=1S/C14H11FN2O3/c1-7-3-9(11(6-16)14(19)17-7)10-4-8(15)5-12(20-2)13(10)18/h3-5,18H,1-2H3,(H,17,19). The first-order valence-corrected chi connectivity index (χ1v) is 5.68. The Hall–Kier alpha value is -2.81. The number of aromatic nitrogens is 1. The highest BCUT2D eigenvalue weighted by atomic mass is 19.1. The van der Waals surface area contributed by atoms with Gasteiger partial charge in [0.25, 0.3) is 5.56 Å². The van der Waals surface area contributed by atoms with E-state index in [1.54, 1.807) is 13.0 Å². The number of methoxy groups -OCH3 is 1. The van der Waals surface area contributed by atoms with Gasteiger partial charge in [0, 0.05) is 22.9 Å². The molecule has 0 spiro atoms. The van der Waals surface area contributed by atoms with Gasteiger partial charge in [-0.15, -0.1) is 0 Å². The zero-order valence-corrected chi connectivity index (χ0v) is 10.8. The normalized spacial score (nSPS) is 10.1. The topological polar surface area (TPSA) is 86.1 Å². The molecule has 2 N–H and O–H groups in total. The lowest BCUT2D eigenvalue weighted by Gasteiger charge is -2.11. The Labute approximate surface area is 113 Å². The average Bonchev–Trinajstić information content (AvgIpc) is 2.40. The molecule has 0 atom stereocenters. The van der Waals surface area contributed by atoms with E-state index < -0.39 is 11.4 Å². The van der Waals surface area contributed by atoms with Gasteiger partial charge in [-0.3, -0.25) is 4.79 Å². The molecule has 0 aliphatic heterocycles. The zero-order chi connectivity index (χ0) is 14.9. The molecule has 1 aromatic heterocycles. The minimum Gasteiger partial charge on any atom is -0.504 e. The van der Waals surface area contributed by atoms with Crippen molar-refractivity contribution < 1.29 is 14.2 Å². The molecule has 0 fully saturated rings. The second kappa shape index (κ2) is 5.05. The minimum atomic E-state index is -0.642. The molecule has 2 rings (SSSR count). The van der Waals surface area contributed by atoms with E-state index in [1.165, 1.54) is 13.2 Å². The molecule has 0 amide bonds. The largest absolute Gasteiger partial charge is 0.504 e. The molecule has 0 aliphatic carbocycles. The number of rotatable bonds is 2. The van der Waals surface area contributed by atoms with Gasteiger partial charge in [-0.25, -0.2) is 4.39 Å². The summed E-state index contributed by atoms with van der Waals surface area (Å²) in [5, 5.41) is 19.1. The van der Waals surface area contributed by atoms with Crippen molar-refractivity contribution in [3.8, 4) is 28.7 Å². The summed E-state index contributed by atoms with van der Waals surface area (Å²) in [6.07, 6.45) is 0. The van der Waals surface area contributed by atoms with Crippen LogP contribution in [0.4, 0.5) is 4.39 Å². The van der Waals surface area contributed by atoms with Crippen LogP contribution in [0.2, 0.25) is 0 Å². The van der Waals surface area contributed by atoms with Crippen molar-refractivity contribution >= 4 is 0 Å². The smallest absolute Gasteiger partial charge is 0.266 e. The molecule has 0 saturated carbocycles. The number of aromatic hydroxyl groups is 1. The number of H-pyrrole nitrogens is 1. The van der Waals surface area contributed by atoms with Crippen molar-refractivity contribution in [2.75, 3.05) is 7.11 Å². The van der Waals surface area contributed by atoms with Gasteiger partial charge >= 0.3 is 0 Å². The number of pyridine rings is 1. The fourth-order valence-electron chi connectivity index (χ4n) is 1.95. The Morgan fingerprint density at radius 1 is 1.35 bits per heavy atom. The molecule has 0 aliphatic rings. The summed E-state index contributed by atoms with van der Waals surface area (Å²) in [6.45, 7) is 1.62. The fraction of sp³-hybridized carbons (Fsp3) is 0.143. The molecule has 20 heavy (non-hydrogen) atoms. The van der Waals surface area contributed by atoms with E-state index >= 15 is 0 Å². The summed E-state index contributed by atoms with van der Waals surface area (Å²) >= 11 is 0. The van der Waals surface area contributed by atoms with E-state index in [-0.39, 0.29) is 28.2 Å². The molecule has 0 bridgehead atoms. The number of halogens is 1. The Morgan fingerprint density at radius 2 is 2.05 bits per heavy atom. The number of nitrogens with zero attached hydrogens (tertiary/aromatic N) is 1. The summed E-state index contributed by atoms with van der Waals surface area (Å²) in [5.41, 5.74) is -0.105. The van der Waals surface area contributed by atoms with Crippen molar-refractivity contribution in [2.24, 2.45) is 0 Å². The molecule has 0 unspecified atom stereocenters. The molecule has 0 saturated heterocycles. The zero-order valence-electron chi connectivity index (χ0n) is 10.8. The predicted molar refractivity (Wildman–Crippen MR) is 70.1 cm³/mol. The van der Waals surface area contributed by atoms with Crippen LogP contribution in [0.25, 0.3) is 11.1 Å². The first-order valence-electron chi connectivity index (χ1n) is 5.68. The predicted octanol–water partition coefficient (Wildman–Crippen LogP) is 2.08. The van der Waals surface area contributed by atoms with Gasteiger partial charge in [0.15, 0.2) is 11.5 Å². The number of phenolic OH excluding ortho intramolecular Hbond substituents is 1. The average molecular weight is 274 g/mol. The summed E-state index contributed by atoms with van der Waals surface area (Å²) in [5.74, 6) is -1.03. The molecule has 1 aromatic carbocycles. The highest BCUT2D eigenvalue weighted by molar-refractivity contribution is 5.77. The van der Waals surface area contributed by atoms with Gasteiger partial charge in [0.05, 0.1) is 7.11 Å². The summed E-state index contributed by atoms with van der Waals surface area (Å²) < 4.78 is 18.4. The molecule has 0 radical (unpaired) electrons. The number of aromatic amines is 1. The highest BCUT2D eigenvalue weighted by Gasteiger charge is 2.17. The maximum Gasteiger partial charge on any atom is 0.266 e. The van der Waals surface area contributed by atoms with E-state index in [4.69, 9.17) is 10.00 Å². The number of nitriles is 1. The first-order chi connectivity index (χ1) is 9.47. The van der Waals surface area contributed by atoms with Crippen LogP contribution in [-0.4, -0.2) is 17.2 Å². The number of hydrogen-bond donors (Lipinski definition) is 2. The quantitative estimate of drug-likeness (QED) is 0.877. The van der Waals surface area contributed by atoms with Gasteiger partial charge in [0.2, 0.25) is 0 Å². The molecular weight excluding hydrogens is 263 g/mol. The number of hydrogen-bond acceptors (Lipinski definition) is 4. The molecule has 102 valence electrons. The monoisotopic (exact) mass is 274 g/mol. The number of phenols is 1. The van der Waals surface area contributed by atoms with Crippen LogP contribution in [0, 0.1) is 24.1 Å². The van der Waals surface area contributed by atoms with Gasteiger partial charge < -0.3 is 14.8 Å². The lowest BCUT2D eigenvalue weighted by molar-refractivity contribution is 0.371. The van der Waals surface area contributed by atoms with Crippen molar-refractivity contribution in [3.63, 3.8) is 0 Å². The van der Waals surface area contributed by atoms with Gasteiger partial charge in [-0.05, 0) is 19.1 Å². The number of ether oxygens (including phenoxy) is 1. The van der Waals surface area contributed by atoms with Crippen LogP contribution < -0.4 is 10.3 Å².